The summed E-state index contributed by atoms with van der Waals surface area (Å²) in [7, 11) is -2.15. The van der Waals surface area contributed by atoms with Crippen LogP contribution in [0.15, 0.2) is 41.4 Å². The SMILES string of the molecule is CNS(=O)(=O)c1nc2ccc(Cn3cnc4cncnc43)cc2s1. The van der Waals surface area contributed by atoms with Gasteiger partial charge in [-0.05, 0) is 24.7 Å². The number of nitrogens with zero attached hydrogens (tertiary/aromatic N) is 5. The van der Waals surface area contributed by atoms with Crippen LogP contribution in [0.1, 0.15) is 5.56 Å². The average molecular weight is 360 g/mol. The summed E-state index contributed by atoms with van der Waals surface area (Å²) in [5.74, 6) is 0. The number of fused-ring (bicyclic) bond motifs is 2. The van der Waals surface area contributed by atoms with E-state index in [-0.39, 0.29) is 4.34 Å². The lowest BCUT2D eigenvalue weighted by Crippen LogP contribution is -2.18. The molecule has 0 radical (unpaired) electrons. The summed E-state index contributed by atoms with van der Waals surface area (Å²) >= 11 is 1.15. The van der Waals surface area contributed by atoms with Crippen molar-refractivity contribution in [3.63, 3.8) is 0 Å². The molecule has 0 bridgehead atoms. The first kappa shape index (κ1) is 15.1. The molecule has 0 amide bonds. The van der Waals surface area contributed by atoms with E-state index in [2.05, 4.69) is 24.7 Å². The van der Waals surface area contributed by atoms with Crippen molar-refractivity contribution in [2.75, 3.05) is 7.05 Å². The van der Waals surface area contributed by atoms with E-state index < -0.39 is 10.0 Å². The van der Waals surface area contributed by atoms with E-state index in [1.54, 1.807) is 12.5 Å². The molecule has 0 unspecified atom stereocenters. The summed E-state index contributed by atoms with van der Waals surface area (Å²) < 4.78 is 28.8. The third-order valence-electron chi connectivity index (χ3n) is 3.57. The van der Waals surface area contributed by atoms with Crippen molar-refractivity contribution < 1.29 is 8.42 Å². The molecule has 0 atom stereocenters. The number of sulfonamides is 1. The lowest BCUT2D eigenvalue weighted by molar-refractivity contribution is 0.587. The third kappa shape index (κ3) is 2.54. The number of benzene rings is 1. The van der Waals surface area contributed by atoms with E-state index in [1.807, 2.05) is 22.8 Å². The predicted octanol–water partition coefficient (Wildman–Crippen LogP) is 1.39. The average Bonchev–Trinajstić information content (AvgIpc) is 3.19. The molecule has 3 aromatic heterocycles. The van der Waals surface area contributed by atoms with E-state index in [0.29, 0.717) is 12.1 Å². The van der Waals surface area contributed by atoms with Gasteiger partial charge in [0.15, 0.2) is 5.65 Å². The van der Waals surface area contributed by atoms with Gasteiger partial charge < -0.3 is 4.57 Å². The van der Waals surface area contributed by atoms with Gasteiger partial charge in [-0.25, -0.2) is 33.1 Å². The van der Waals surface area contributed by atoms with Gasteiger partial charge in [-0.2, -0.15) is 0 Å². The van der Waals surface area contributed by atoms with Crippen LogP contribution in [0.3, 0.4) is 0 Å². The normalized spacial score (nSPS) is 12.2. The van der Waals surface area contributed by atoms with Crippen LogP contribution >= 0.6 is 11.3 Å². The topological polar surface area (TPSA) is 103 Å². The van der Waals surface area contributed by atoms with Gasteiger partial charge in [0.2, 0.25) is 4.34 Å². The fraction of sp³-hybridized carbons (Fsp3) is 0.143. The number of thiazole rings is 1. The minimum absolute atomic E-state index is 0.0676. The predicted molar refractivity (Wildman–Crippen MR) is 90.3 cm³/mol. The van der Waals surface area contributed by atoms with Gasteiger partial charge in [0.1, 0.15) is 11.8 Å². The first-order valence-corrected chi connectivity index (χ1v) is 9.31. The van der Waals surface area contributed by atoms with E-state index >= 15 is 0 Å². The molecule has 10 heteroatoms. The number of imidazole rings is 1. The van der Waals surface area contributed by atoms with Crippen molar-refractivity contribution in [2.45, 2.75) is 10.9 Å². The highest BCUT2D eigenvalue weighted by Gasteiger charge is 2.17. The lowest BCUT2D eigenvalue weighted by atomic mass is 10.2. The molecule has 122 valence electrons. The van der Waals surface area contributed by atoms with Gasteiger partial charge in [0.25, 0.3) is 10.0 Å². The molecular weight excluding hydrogens is 348 g/mol. The van der Waals surface area contributed by atoms with Gasteiger partial charge >= 0.3 is 0 Å². The second kappa shape index (κ2) is 5.58. The minimum atomic E-state index is -3.53. The lowest BCUT2D eigenvalue weighted by Gasteiger charge is -2.03. The van der Waals surface area contributed by atoms with E-state index in [9.17, 15) is 8.42 Å². The first-order valence-electron chi connectivity index (χ1n) is 7.01. The number of nitrogens with one attached hydrogen (secondary N) is 1. The second-order valence-electron chi connectivity index (χ2n) is 5.09. The zero-order valence-corrected chi connectivity index (χ0v) is 14.2. The molecule has 4 rings (SSSR count). The first-order chi connectivity index (χ1) is 11.6. The van der Waals surface area contributed by atoms with Crippen molar-refractivity contribution >= 4 is 42.7 Å². The van der Waals surface area contributed by atoms with Crippen LogP contribution in [-0.2, 0) is 16.6 Å². The fourth-order valence-electron chi connectivity index (χ4n) is 2.38. The molecule has 3 heterocycles. The molecule has 0 aliphatic heterocycles. The van der Waals surface area contributed by atoms with Crippen LogP contribution < -0.4 is 4.72 Å². The highest BCUT2D eigenvalue weighted by Crippen LogP contribution is 2.26. The molecule has 8 nitrogen and oxygen atoms in total. The zero-order valence-electron chi connectivity index (χ0n) is 12.5. The van der Waals surface area contributed by atoms with Gasteiger partial charge in [-0.3, -0.25) is 0 Å². The fourth-order valence-corrected chi connectivity index (χ4v) is 4.49. The van der Waals surface area contributed by atoms with Crippen LogP contribution in [-0.4, -0.2) is 40.0 Å². The maximum absolute atomic E-state index is 11.9. The maximum Gasteiger partial charge on any atom is 0.267 e. The molecule has 0 saturated carbocycles. The van der Waals surface area contributed by atoms with Crippen molar-refractivity contribution in [1.82, 2.24) is 29.2 Å². The number of rotatable bonds is 4. The summed E-state index contributed by atoms with van der Waals surface area (Å²) in [6.07, 6.45) is 4.87. The number of aromatic nitrogens is 5. The van der Waals surface area contributed by atoms with Crippen LogP contribution in [0.25, 0.3) is 21.4 Å². The monoisotopic (exact) mass is 360 g/mol. The Hall–Kier alpha value is -2.43. The molecule has 4 aromatic rings. The third-order valence-corrected chi connectivity index (χ3v) is 6.38. The Morgan fingerprint density at radius 1 is 1.25 bits per heavy atom. The van der Waals surface area contributed by atoms with Crippen molar-refractivity contribution in [1.29, 1.82) is 0 Å². The van der Waals surface area contributed by atoms with Gasteiger partial charge in [-0.1, -0.05) is 6.07 Å². The summed E-state index contributed by atoms with van der Waals surface area (Å²) in [5.41, 5.74) is 3.17. The molecular formula is C14H12N6O2S2. The molecule has 1 aromatic carbocycles. The van der Waals surface area contributed by atoms with Gasteiger partial charge in [-0.15, -0.1) is 11.3 Å². The maximum atomic E-state index is 11.9. The highest BCUT2D eigenvalue weighted by molar-refractivity contribution is 7.91. The Bertz CT molecular complexity index is 1150. The van der Waals surface area contributed by atoms with Crippen molar-refractivity contribution in [2.24, 2.45) is 0 Å². The van der Waals surface area contributed by atoms with E-state index in [0.717, 1.165) is 32.8 Å². The smallest absolute Gasteiger partial charge is 0.267 e. The van der Waals surface area contributed by atoms with Crippen LogP contribution in [0, 0.1) is 0 Å². The Kier molecular flexibility index (Phi) is 3.52. The van der Waals surface area contributed by atoms with Gasteiger partial charge in [0.05, 0.1) is 29.3 Å². The Balaban J connectivity index is 1.73. The Morgan fingerprint density at radius 2 is 2.12 bits per heavy atom. The van der Waals surface area contributed by atoms with Crippen LogP contribution in [0.5, 0.6) is 0 Å². The Morgan fingerprint density at radius 3 is 2.96 bits per heavy atom. The second-order valence-corrected chi connectivity index (χ2v) is 8.18. The summed E-state index contributed by atoms with van der Waals surface area (Å²) in [6.45, 7) is 0.579. The molecule has 0 aliphatic carbocycles. The quantitative estimate of drug-likeness (QED) is 0.590. The van der Waals surface area contributed by atoms with E-state index in [1.165, 1.54) is 13.4 Å². The van der Waals surface area contributed by atoms with Crippen molar-refractivity contribution in [3.05, 3.63) is 42.6 Å². The minimum Gasteiger partial charge on any atom is -0.311 e. The summed E-state index contributed by atoms with van der Waals surface area (Å²) in [4.78, 5) is 16.6. The summed E-state index contributed by atoms with van der Waals surface area (Å²) in [5, 5.41) is 0. The molecule has 1 N–H and O–H groups in total. The van der Waals surface area contributed by atoms with E-state index in [4.69, 9.17) is 0 Å². The zero-order chi connectivity index (χ0) is 16.7. The van der Waals surface area contributed by atoms with Crippen LogP contribution in [0.4, 0.5) is 0 Å². The Labute approximate surface area is 141 Å². The molecule has 24 heavy (non-hydrogen) atoms. The number of hydrogen-bond donors (Lipinski definition) is 1. The summed E-state index contributed by atoms with van der Waals surface area (Å²) in [6, 6.07) is 5.68. The van der Waals surface area contributed by atoms with Crippen LogP contribution in [0.2, 0.25) is 0 Å². The van der Waals surface area contributed by atoms with Crippen molar-refractivity contribution in [3.8, 4) is 0 Å². The molecule has 0 saturated heterocycles. The highest BCUT2D eigenvalue weighted by atomic mass is 32.2. The molecule has 0 aliphatic rings. The molecule has 0 spiro atoms. The number of hydrogen-bond acceptors (Lipinski definition) is 7. The standard InChI is InChI=1S/C14H12N6O2S2/c1-15-24(21,22)14-19-10-3-2-9(4-12(10)23-14)6-20-8-18-11-5-16-7-17-13(11)20/h2-5,7-8,15H,6H2,1H3. The largest absolute Gasteiger partial charge is 0.311 e. The van der Waals surface area contributed by atoms with Gasteiger partial charge in [0, 0.05) is 0 Å². The molecule has 0 fully saturated rings.